The van der Waals surface area contributed by atoms with Crippen molar-refractivity contribution in [2.75, 3.05) is 11.0 Å². The van der Waals surface area contributed by atoms with Gasteiger partial charge in [0.05, 0.1) is 16.8 Å². The normalized spacial score (nSPS) is 11.3. The molecule has 7 heteroatoms. The number of anilines is 1. The maximum Gasteiger partial charge on any atom is 0.261 e. The monoisotopic (exact) mass is 380 g/mol. The molecular weight excluding hydrogens is 356 g/mol. The first-order chi connectivity index (χ1) is 11.8. The van der Waals surface area contributed by atoms with E-state index in [-0.39, 0.29) is 12.5 Å². The minimum Gasteiger partial charge on any atom is -0.347 e. The van der Waals surface area contributed by atoms with Crippen LogP contribution in [0.15, 0.2) is 30.3 Å². The molecule has 0 saturated carbocycles. The molecule has 0 radical (unpaired) electrons. The molecule has 0 fully saturated rings. The van der Waals surface area contributed by atoms with Crippen LogP contribution in [0.1, 0.15) is 45.9 Å². The molecule has 0 aliphatic carbocycles. The van der Waals surface area contributed by atoms with Crippen LogP contribution in [0.4, 0.5) is 5.69 Å². The fourth-order valence-electron chi connectivity index (χ4n) is 2.55. The largest absolute Gasteiger partial charge is 0.347 e. The Hall–Kier alpha value is -1.86. The Bertz CT molecular complexity index is 842. The summed E-state index contributed by atoms with van der Waals surface area (Å²) in [7, 11) is -3.36. The summed E-state index contributed by atoms with van der Waals surface area (Å²) < 4.78 is 25.4. The summed E-state index contributed by atoms with van der Waals surface area (Å²) in [4.78, 5) is 14.4. The Kier molecular flexibility index (Phi) is 6.61. The Morgan fingerprint density at radius 1 is 1.16 bits per heavy atom. The van der Waals surface area contributed by atoms with Gasteiger partial charge in [-0.1, -0.05) is 38.5 Å². The van der Waals surface area contributed by atoms with Crippen LogP contribution in [0.2, 0.25) is 0 Å². The molecule has 0 saturated heterocycles. The lowest BCUT2D eigenvalue weighted by Crippen LogP contribution is -2.23. The third kappa shape index (κ3) is 5.57. The van der Waals surface area contributed by atoms with Crippen LogP contribution in [-0.4, -0.2) is 20.6 Å². The van der Waals surface area contributed by atoms with Crippen molar-refractivity contribution in [1.82, 2.24) is 5.32 Å². The number of nitrogens with one attached hydrogen (secondary N) is 2. The van der Waals surface area contributed by atoms with E-state index in [1.807, 2.05) is 12.1 Å². The van der Waals surface area contributed by atoms with E-state index in [9.17, 15) is 13.2 Å². The van der Waals surface area contributed by atoms with E-state index in [1.165, 1.54) is 10.4 Å². The van der Waals surface area contributed by atoms with Gasteiger partial charge >= 0.3 is 0 Å². The standard InChI is InChI=1S/C18H24N2O3S2/c1-4-8-16-13(5-2)11-17(24-16)18(21)19-12-14-9-6-7-10-15(14)20-25(3,22)23/h6-7,9-11,20H,4-5,8,12H2,1-3H3,(H,19,21). The van der Waals surface area contributed by atoms with Crippen LogP contribution in [0.3, 0.4) is 0 Å². The summed E-state index contributed by atoms with van der Waals surface area (Å²) >= 11 is 1.54. The van der Waals surface area contributed by atoms with Gasteiger partial charge in [-0.05, 0) is 36.1 Å². The van der Waals surface area contributed by atoms with E-state index < -0.39 is 10.0 Å². The molecule has 0 bridgehead atoms. The molecule has 5 nitrogen and oxygen atoms in total. The number of sulfonamides is 1. The van der Waals surface area contributed by atoms with Crippen LogP contribution in [0.5, 0.6) is 0 Å². The number of carbonyl (C=O) groups is 1. The van der Waals surface area contributed by atoms with Gasteiger partial charge in [-0.3, -0.25) is 9.52 Å². The van der Waals surface area contributed by atoms with E-state index in [0.29, 0.717) is 10.6 Å². The van der Waals surface area contributed by atoms with Crippen LogP contribution >= 0.6 is 11.3 Å². The third-order valence-corrected chi connectivity index (χ3v) is 5.56. The molecule has 136 valence electrons. The SMILES string of the molecule is CCCc1sc(C(=O)NCc2ccccc2NS(C)(=O)=O)cc1CC. The Balaban J connectivity index is 2.10. The molecule has 1 heterocycles. The number of aryl methyl sites for hydroxylation is 2. The average Bonchev–Trinajstić information content (AvgIpc) is 2.96. The molecule has 0 atom stereocenters. The number of thiophene rings is 1. The molecule has 1 aromatic heterocycles. The topological polar surface area (TPSA) is 75.3 Å². The summed E-state index contributed by atoms with van der Waals surface area (Å²) in [5, 5.41) is 2.88. The van der Waals surface area contributed by atoms with E-state index >= 15 is 0 Å². The molecule has 2 N–H and O–H groups in total. The second kappa shape index (κ2) is 8.49. The van der Waals surface area contributed by atoms with E-state index in [1.54, 1.807) is 29.5 Å². The molecule has 0 unspecified atom stereocenters. The summed E-state index contributed by atoms with van der Waals surface area (Å²) in [6.07, 6.45) is 4.07. The van der Waals surface area contributed by atoms with Gasteiger partial charge in [-0.15, -0.1) is 11.3 Å². The van der Waals surface area contributed by atoms with E-state index in [4.69, 9.17) is 0 Å². The minimum absolute atomic E-state index is 0.129. The summed E-state index contributed by atoms with van der Waals surface area (Å²) in [5.74, 6) is -0.129. The highest BCUT2D eigenvalue weighted by atomic mass is 32.2. The lowest BCUT2D eigenvalue weighted by molar-refractivity contribution is 0.0955. The van der Waals surface area contributed by atoms with Gasteiger partial charge < -0.3 is 5.32 Å². The first-order valence-corrected chi connectivity index (χ1v) is 11.0. The van der Waals surface area contributed by atoms with Gasteiger partial charge in [0.25, 0.3) is 5.91 Å². The molecular formula is C18H24N2O3S2. The number of para-hydroxylation sites is 1. The number of carbonyl (C=O) groups excluding carboxylic acids is 1. The quantitative estimate of drug-likeness (QED) is 0.735. The Morgan fingerprint density at radius 3 is 2.52 bits per heavy atom. The molecule has 1 aromatic carbocycles. The highest BCUT2D eigenvalue weighted by Gasteiger charge is 2.14. The maximum absolute atomic E-state index is 12.5. The highest BCUT2D eigenvalue weighted by Crippen LogP contribution is 2.25. The van der Waals surface area contributed by atoms with Crippen LogP contribution < -0.4 is 10.0 Å². The van der Waals surface area contributed by atoms with Crippen molar-refractivity contribution in [3.63, 3.8) is 0 Å². The number of rotatable bonds is 8. The Morgan fingerprint density at radius 2 is 1.88 bits per heavy atom. The lowest BCUT2D eigenvalue weighted by atomic mass is 10.1. The smallest absolute Gasteiger partial charge is 0.261 e. The first kappa shape index (κ1) is 19.5. The number of hydrogen-bond acceptors (Lipinski definition) is 4. The lowest BCUT2D eigenvalue weighted by Gasteiger charge is -2.11. The van der Waals surface area contributed by atoms with Crippen molar-refractivity contribution in [3.05, 3.63) is 51.2 Å². The predicted octanol–water partition coefficient (Wildman–Crippen LogP) is 3.56. The minimum atomic E-state index is -3.36. The summed E-state index contributed by atoms with van der Waals surface area (Å²) in [6, 6.07) is 9.01. The van der Waals surface area contributed by atoms with Gasteiger partial charge in [-0.25, -0.2) is 8.42 Å². The molecule has 0 spiro atoms. The van der Waals surface area contributed by atoms with Crippen molar-refractivity contribution in [2.24, 2.45) is 0 Å². The first-order valence-electron chi connectivity index (χ1n) is 8.29. The fraction of sp³-hybridized carbons (Fsp3) is 0.389. The van der Waals surface area contributed by atoms with Gasteiger partial charge in [0.1, 0.15) is 0 Å². The van der Waals surface area contributed by atoms with Crippen molar-refractivity contribution in [1.29, 1.82) is 0 Å². The maximum atomic E-state index is 12.5. The number of hydrogen-bond donors (Lipinski definition) is 2. The highest BCUT2D eigenvalue weighted by molar-refractivity contribution is 7.92. The van der Waals surface area contributed by atoms with Gasteiger partial charge in [0, 0.05) is 11.4 Å². The molecule has 0 aliphatic rings. The zero-order valence-corrected chi connectivity index (χ0v) is 16.4. The van der Waals surface area contributed by atoms with Gasteiger partial charge in [-0.2, -0.15) is 0 Å². The fourth-order valence-corrected chi connectivity index (χ4v) is 4.42. The molecule has 2 rings (SSSR count). The van der Waals surface area contributed by atoms with E-state index in [0.717, 1.165) is 31.1 Å². The molecule has 0 aliphatic heterocycles. The summed E-state index contributed by atoms with van der Waals surface area (Å²) in [5.41, 5.74) is 2.44. The van der Waals surface area contributed by atoms with Gasteiger partial charge in [0.15, 0.2) is 0 Å². The van der Waals surface area contributed by atoms with Gasteiger partial charge in [0.2, 0.25) is 10.0 Å². The molecule has 2 aromatic rings. The van der Waals surface area contributed by atoms with E-state index in [2.05, 4.69) is 23.9 Å². The zero-order chi connectivity index (χ0) is 18.4. The Labute approximate surface area is 153 Å². The number of benzene rings is 1. The van der Waals surface area contributed by atoms with Crippen LogP contribution in [0, 0.1) is 0 Å². The zero-order valence-electron chi connectivity index (χ0n) is 14.8. The molecule has 25 heavy (non-hydrogen) atoms. The number of amides is 1. The average molecular weight is 381 g/mol. The van der Waals surface area contributed by atoms with Crippen molar-refractivity contribution in [2.45, 2.75) is 39.7 Å². The van der Waals surface area contributed by atoms with Crippen molar-refractivity contribution in [3.8, 4) is 0 Å². The predicted molar refractivity (Wildman–Crippen MR) is 104 cm³/mol. The second-order valence-corrected chi connectivity index (χ2v) is 8.76. The van der Waals surface area contributed by atoms with Crippen molar-refractivity contribution < 1.29 is 13.2 Å². The third-order valence-electron chi connectivity index (χ3n) is 3.73. The molecule has 1 amide bonds. The van der Waals surface area contributed by atoms with Crippen molar-refractivity contribution >= 4 is 33.0 Å². The van der Waals surface area contributed by atoms with Crippen LogP contribution in [-0.2, 0) is 29.4 Å². The summed E-state index contributed by atoms with van der Waals surface area (Å²) in [6.45, 7) is 4.49. The van der Waals surface area contributed by atoms with Crippen LogP contribution in [0.25, 0.3) is 0 Å². The second-order valence-electron chi connectivity index (χ2n) is 5.88.